The molecule has 15 heavy (non-hydrogen) atoms. The van der Waals surface area contributed by atoms with E-state index in [0.717, 1.165) is 22.3 Å². The van der Waals surface area contributed by atoms with Gasteiger partial charge in [0, 0.05) is 5.56 Å². The van der Waals surface area contributed by atoms with Crippen LogP contribution in [0.3, 0.4) is 0 Å². The van der Waals surface area contributed by atoms with Crippen molar-refractivity contribution in [3.05, 3.63) is 33.4 Å². The van der Waals surface area contributed by atoms with E-state index in [1.807, 2.05) is 34.6 Å². The molecule has 1 aromatic carbocycles. The molecule has 0 aliphatic rings. The van der Waals surface area contributed by atoms with Gasteiger partial charge in [-0.25, -0.2) is 0 Å². The molecule has 3 heteroatoms. The standard InChI is InChI=1S/C12H16O2.Tl/c1-6-7(2)9(4)11(12(13)14)10(5)8(6)3;/h1-5H3,(H,13,14);/q;+1/p-1. The van der Waals surface area contributed by atoms with E-state index in [1.54, 1.807) is 0 Å². The first kappa shape index (κ1) is 14.6. The predicted molar refractivity (Wildman–Crippen MR) is 60.2 cm³/mol. The molecule has 0 atom stereocenters. The van der Waals surface area contributed by atoms with Crippen LogP contribution >= 0.6 is 0 Å². The molecule has 2 nitrogen and oxygen atoms in total. The van der Waals surface area contributed by atoms with Crippen LogP contribution in [0.25, 0.3) is 0 Å². The fourth-order valence-corrected chi connectivity index (χ4v) is 1.81. The Bertz CT molecular complexity index is 380. The molecule has 0 fully saturated rings. The van der Waals surface area contributed by atoms with Gasteiger partial charge in [0.2, 0.25) is 0 Å². The zero-order valence-corrected chi connectivity index (χ0v) is 14.4. The Hall–Kier alpha value is -0.388. The van der Waals surface area contributed by atoms with Gasteiger partial charge in [0.15, 0.2) is 0 Å². The third kappa shape index (κ3) is 2.41. The SMILES string of the molecule is Cc1c(C)c(C)c(C(=O)[O-])c(C)c1C.[Tl+]. The first-order valence-electron chi connectivity index (χ1n) is 4.66. The molecule has 0 amide bonds. The van der Waals surface area contributed by atoms with Crippen molar-refractivity contribution in [1.82, 2.24) is 0 Å². The van der Waals surface area contributed by atoms with Crippen LogP contribution < -0.4 is 5.11 Å². The van der Waals surface area contributed by atoms with Crippen molar-refractivity contribution in [2.45, 2.75) is 34.6 Å². The molecule has 0 bridgehead atoms. The number of carbonyl (C=O) groups is 1. The van der Waals surface area contributed by atoms with E-state index in [0.29, 0.717) is 5.56 Å². The van der Waals surface area contributed by atoms with Crippen LogP contribution in [0, 0.1) is 34.6 Å². The van der Waals surface area contributed by atoms with Crippen molar-refractivity contribution in [3.63, 3.8) is 0 Å². The summed E-state index contributed by atoms with van der Waals surface area (Å²) in [5.41, 5.74) is 5.27. The molecule has 0 aromatic heterocycles. The summed E-state index contributed by atoms with van der Waals surface area (Å²) < 4.78 is 0. The second kappa shape index (κ2) is 5.10. The predicted octanol–water partition coefficient (Wildman–Crippen LogP) is 1.21. The molecule has 1 aromatic rings. The van der Waals surface area contributed by atoms with Gasteiger partial charge < -0.3 is 9.90 Å². The first-order chi connectivity index (χ1) is 6.37. The number of carboxylic acids is 1. The third-order valence-corrected chi connectivity index (χ3v) is 3.20. The molecule has 0 aliphatic heterocycles. The van der Waals surface area contributed by atoms with Gasteiger partial charge in [-0.05, 0) is 62.4 Å². The Morgan fingerprint density at radius 1 is 0.800 bits per heavy atom. The zero-order valence-electron chi connectivity index (χ0n) is 9.89. The maximum atomic E-state index is 10.9. The summed E-state index contributed by atoms with van der Waals surface area (Å²) in [6.45, 7) is 9.58. The van der Waals surface area contributed by atoms with Crippen LogP contribution in [-0.2, 0) is 0 Å². The Labute approximate surface area is 111 Å². The minimum atomic E-state index is -1.08. The Kier molecular flexibility index (Phi) is 4.96. The second-order valence-electron chi connectivity index (χ2n) is 3.79. The van der Waals surface area contributed by atoms with E-state index in [2.05, 4.69) is 0 Å². The fraction of sp³-hybridized carbons (Fsp3) is 0.417. The smallest absolute Gasteiger partial charge is 0.545 e. The monoisotopic (exact) mass is 396 g/mol. The van der Waals surface area contributed by atoms with E-state index in [-0.39, 0.29) is 27.3 Å². The Balaban J connectivity index is 0.00000196. The van der Waals surface area contributed by atoms with Crippen molar-refractivity contribution < 1.29 is 9.90 Å². The molecular weight excluding hydrogens is 381 g/mol. The van der Waals surface area contributed by atoms with Gasteiger partial charge in [-0.3, -0.25) is 0 Å². The first-order valence-corrected chi connectivity index (χ1v) is 4.66. The summed E-state index contributed by atoms with van der Waals surface area (Å²) in [5, 5.41) is 10.9. The number of benzene rings is 1. The van der Waals surface area contributed by atoms with Gasteiger partial charge in [0.25, 0.3) is 0 Å². The van der Waals surface area contributed by atoms with Crippen LogP contribution in [0.15, 0.2) is 0 Å². The summed E-state index contributed by atoms with van der Waals surface area (Å²) in [6, 6.07) is 0. The number of hydrogen-bond donors (Lipinski definition) is 0. The summed E-state index contributed by atoms with van der Waals surface area (Å²) in [5.74, 6) is -1.08. The fourth-order valence-electron chi connectivity index (χ4n) is 1.81. The summed E-state index contributed by atoms with van der Waals surface area (Å²) in [6.07, 6.45) is 0. The maximum absolute atomic E-state index is 10.9. The Morgan fingerprint density at radius 2 is 1.07 bits per heavy atom. The van der Waals surface area contributed by atoms with Gasteiger partial charge in [0.1, 0.15) is 0 Å². The molecule has 78 valence electrons. The van der Waals surface area contributed by atoms with Crippen molar-refractivity contribution in [2.75, 3.05) is 0 Å². The van der Waals surface area contributed by atoms with E-state index in [9.17, 15) is 9.90 Å². The maximum Gasteiger partial charge on any atom is 1.00 e. The normalized spacial score (nSPS) is 9.67. The van der Waals surface area contributed by atoms with Crippen LogP contribution in [-0.4, -0.2) is 33.3 Å². The van der Waals surface area contributed by atoms with E-state index >= 15 is 0 Å². The summed E-state index contributed by atoms with van der Waals surface area (Å²) in [7, 11) is 0. The molecule has 0 spiro atoms. The molecule has 0 saturated heterocycles. The molecule has 1 rings (SSSR count). The van der Waals surface area contributed by atoms with E-state index in [4.69, 9.17) is 0 Å². The van der Waals surface area contributed by atoms with Crippen LogP contribution in [0.4, 0.5) is 0 Å². The minimum absolute atomic E-state index is 0. The zero-order chi connectivity index (χ0) is 11.0. The van der Waals surface area contributed by atoms with Gasteiger partial charge in [-0.15, -0.1) is 0 Å². The van der Waals surface area contributed by atoms with Crippen molar-refractivity contribution in [3.8, 4) is 0 Å². The van der Waals surface area contributed by atoms with Gasteiger partial charge >= 0.3 is 27.3 Å². The molecule has 0 aliphatic carbocycles. The van der Waals surface area contributed by atoms with Crippen LogP contribution in [0.1, 0.15) is 38.2 Å². The second-order valence-corrected chi connectivity index (χ2v) is 3.79. The number of carbonyl (C=O) groups excluding carboxylic acids is 1. The molecule has 0 N–H and O–H groups in total. The van der Waals surface area contributed by atoms with E-state index < -0.39 is 5.97 Å². The van der Waals surface area contributed by atoms with Gasteiger partial charge in [0.05, 0.1) is 5.97 Å². The topological polar surface area (TPSA) is 40.1 Å². The summed E-state index contributed by atoms with van der Waals surface area (Å²) >= 11 is 0. The number of carboxylic acid groups (broad SMARTS) is 1. The largest absolute Gasteiger partial charge is 1.00 e. The molecule has 0 saturated carbocycles. The quantitative estimate of drug-likeness (QED) is 0.671. The van der Waals surface area contributed by atoms with Gasteiger partial charge in [-0.1, -0.05) is 0 Å². The third-order valence-electron chi connectivity index (χ3n) is 3.20. The number of hydrogen-bond acceptors (Lipinski definition) is 2. The molecular formula is C12H15O2Tl. The number of aromatic carboxylic acids is 1. The average molecular weight is 396 g/mol. The molecule has 0 unspecified atom stereocenters. The minimum Gasteiger partial charge on any atom is -0.545 e. The van der Waals surface area contributed by atoms with Crippen molar-refractivity contribution in [1.29, 1.82) is 0 Å². The van der Waals surface area contributed by atoms with E-state index in [1.165, 1.54) is 5.56 Å². The van der Waals surface area contributed by atoms with Gasteiger partial charge in [-0.2, -0.15) is 0 Å². The van der Waals surface area contributed by atoms with Crippen molar-refractivity contribution >= 4 is 33.3 Å². The molecule has 0 heterocycles. The van der Waals surface area contributed by atoms with Crippen LogP contribution in [0.5, 0.6) is 0 Å². The van der Waals surface area contributed by atoms with Crippen LogP contribution in [0.2, 0.25) is 0 Å². The number of rotatable bonds is 1. The summed E-state index contributed by atoms with van der Waals surface area (Å²) in [4.78, 5) is 10.9. The molecule has 0 radical (unpaired) electrons. The van der Waals surface area contributed by atoms with Crippen molar-refractivity contribution in [2.24, 2.45) is 0 Å². The average Bonchev–Trinajstić information content (AvgIpc) is 2.11. The Morgan fingerprint density at radius 3 is 1.33 bits per heavy atom.